The van der Waals surface area contributed by atoms with E-state index in [1.807, 2.05) is 36.4 Å². The lowest BCUT2D eigenvalue weighted by molar-refractivity contribution is 0.312. The maximum atomic E-state index is 14.9. The van der Waals surface area contributed by atoms with Crippen LogP contribution in [0.1, 0.15) is 80.5 Å². The van der Waals surface area contributed by atoms with Crippen LogP contribution < -0.4 is 0 Å². The molecule has 34 heavy (non-hydrogen) atoms. The first-order chi connectivity index (χ1) is 16.5. The van der Waals surface area contributed by atoms with Crippen LogP contribution in [-0.2, 0) is 6.42 Å². The van der Waals surface area contributed by atoms with Gasteiger partial charge in [-0.05, 0) is 72.3 Å². The van der Waals surface area contributed by atoms with Crippen LogP contribution in [0.5, 0.6) is 0 Å². The first-order valence-electron chi connectivity index (χ1n) is 12.5. The summed E-state index contributed by atoms with van der Waals surface area (Å²) in [6, 6.07) is 16.2. The maximum absolute atomic E-state index is 14.9. The Morgan fingerprint density at radius 2 is 1.53 bits per heavy atom. The van der Waals surface area contributed by atoms with Crippen LogP contribution in [0.2, 0.25) is 0 Å². The average molecular weight is 463 g/mol. The van der Waals surface area contributed by atoms with E-state index in [2.05, 4.69) is 13.8 Å². The average Bonchev–Trinajstić information content (AvgIpc) is 2.86. The van der Waals surface area contributed by atoms with Crippen molar-refractivity contribution in [3.63, 3.8) is 0 Å². The van der Waals surface area contributed by atoms with E-state index < -0.39 is 11.6 Å². The summed E-state index contributed by atoms with van der Waals surface area (Å²) in [5, 5.41) is 0. The van der Waals surface area contributed by atoms with Crippen molar-refractivity contribution >= 4 is 12.2 Å². The summed E-state index contributed by atoms with van der Waals surface area (Å²) in [6.07, 6.45) is 10.4. The van der Waals surface area contributed by atoms with E-state index in [4.69, 9.17) is 0 Å². The van der Waals surface area contributed by atoms with Gasteiger partial charge in [0.25, 0.3) is 0 Å². The van der Waals surface area contributed by atoms with Crippen molar-refractivity contribution in [3.8, 4) is 11.1 Å². The van der Waals surface area contributed by atoms with Crippen molar-refractivity contribution in [1.29, 1.82) is 0 Å². The van der Waals surface area contributed by atoms with E-state index in [0.717, 1.165) is 67.6 Å². The number of hydrogen-bond acceptors (Lipinski definition) is 0. The van der Waals surface area contributed by atoms with Gasteiger partial charge in [0.2, 0.25) is 0 Å². The highest BCUT2D eigenvalue weighted by Crippen LogP contribution is 2.38. The summed E-state index contributed by atoms with van der Waals surface area (Å²) in [5.74, 6) is -0.888. The molecular weight excluding hydrogens is 429 g/mol. The van der Waals surface area contributed by atoms with Gasteiger partial charge in [0.1, 0.15) is 5.82 Å². The zero-order valence-corrected chi connectivity index (χ0v) is 20.1. The highest BCUT2D eigenvalue weighted by molar-refractivity contribution is 5.72. The maximum Gasteiger partial charge on any atom is 0.166 e. The summed E-state index contributed by atoms with van der Waals surface area (Å²) >= 11 is 0. The fourth-order valence-corrected chi connectivity index (χ4v) is 5.10. The molecule has 0 nitrogen and oxygen atoms in total. The third-order valence-corrected chi connectivity index (χ3v) is 7.26. The number of rotatable bonds is 7. The van der Waals surface area contributed by atoms with Gasteiger partial charge in [-0.3, -0.25) is 0 Å². The van der Waals surface area contributed by atoms with E-state index >= 15 is 0 Å². The molecule has 0 aromatic heterocycles. The Kier molecular flexibility index (Phi) is 7.92. The molecule has 4 rings (SSSR count). The third kappa shape index (κ3) is 5.46. The lowest BCUT2D eigenvalue weighted by Crippen LogP contribution is -2.14. The lowest BCUT2D eigenvalue weighted by atomic mass is 9.77. The van der Waals surface area contributed by atoms with E-state index in [9.17, 15) is 13.2 Å². The molecule has 0 radical (unpaired) electrons. The summed E-state index contributed by atoms with van der Waals surface area (Å²) in [6.45, 7) is 4.27. The number of halogens is 3. The molecule has 0 N–H and O–H groups in total. The fraction of sp³-hybridized carbons (Fsp3) is 0.355. The molecule has 3 aromatic carbocycles. The van der Waals surface area contributed by atoms with Crippen LogP contribution in [0.3, 0.4) is 0 Å². The third-order valence-electron chi connectivity index (χ3n) is 7.26. The van der Waals surface area contributed by atoms with E-state index in [1.165, 1.54) is 0 Å². The van der Waals surface area contributed by atoms with Gasteiger partial charge in [0.15, 0.2) is 11.6 Å². The molecule has 3 aromatic rings. The smallest absolute Gasteiger partial charge is 0.166 e. The Labute approximate surface area is 201 Å². The molecule has 178 valence electrons. The van der Waals surface area contributed by atoms with Gasteiger partial charge < -0.3 is 0 Å². The minimum absolute atomic E-state index is 0.110. The van der Waals surface area contributed by atoms with Crippen molar-refractivity contribution in [2.24, 2.45) is 5.92 Å². The predicted octanol–water partition coefficient (Wildman–Crippen LogP) is 9.58. The normalized spacial score (nSPS) is 18.5. The fourth-order valence-electron chi connectivity index (χ4n) is 5.10. The molecule has 0 bridgehead atoms. The van der Waals surface area contributed by atoms with Crippen LogP contribution in [0, 0.1) is 23.4 Å². The predicted molar refractivity (Wildman–Crippen MR) is 136 cm³/mol. The molecule has 0 aliphatic heterocycles. The minimum atomic E-state index is -0.780. The van der Waals surface area contributed by atoms with Gasteiger partial charge in [0, 0.05) is 11.1 Å². The molecule has 0 spiro atoms. The van der Waals surface area contributed by atoms with E-state index in [1.54, 1.807) is 30.4 Å². The molecule has 0 saturated heterocycles. The molecule has 1 aliphatic carbocycles. The Morgan fingerprint density at radius 1 is 0.794 bits per heavy atom. The van der Waals surface area contributed by atoms with Crippen LogP contribution in [0.4, 0.5) is 13.2 Å². The molecule has 0 heterocycles. The molecular formula is C31H33F3. The zero-order valence-electron chi connectivity index (χ0n) is 20.1. The van der Waals surface area contributed by atoms with Crippen LogP contribution in [-0.4, -0.2) is 0 Å². The van der Waals surface area contributed by atoms with E-state index in [0.29, 0.717) is 11.1 Å². The highest BCUT2D eigenvalue weighted by Gasteiger charge is 2.25. The highest BCUT2D eigenvalue weighted by atomic mass is 19.2. The second-order valence-corrected chi connectivity index (χ2v) is 9.52. The number of aryl methyl sites for hydroxylation is 1. The Hall–Kier alpha value is -2.81. The molecule has 1 saturated carbocycles. The molecule has 0 atom stereocenters. The van der Waals surface area contributed by atoms with Crippen LogP contribution >= 0.6 is 0 Å². The monoisotopic (exact) mass is 462 g/mol. The molecule has 1 fully saturated rings. The largest absolute Gasteiger partial charge is 0.206 e. The van der Waals surface area contributed by atoms with Crippen molar-refractivity contribution in [2.45, 2.75) is 64.7 Å². The van der Waals surface area contributed by atoms with Crippen molar-refractivity contribution in [2.75, 3.05) is 0 Å². The Morgan fingerprint density at radius 3 is 2.18 bits per heavy atom. The summed E-state index contributed by atoms with van der Waals surface area (Å²) in [4.78, 5) is 0. The minimum Gasteiger partial charge on any atom is -0.206 e. The van der Waals surface area contributed by atoms with Gasteiger partial charge in [0.05, 0.1) is 0 Å². The lowest BCUT2D eigenvalue weighted by Gasteiger charge is -2.28. The Bertz CT molecular complexity index is 1140. The quantitative estimate of drug-likeness (QED) is 0.307. The first-order valence-corrected chi connectivity index (χ1v) is 12.5. The molecule has 3 heteroatoms. The number of benzene rings is 3. The van der Waals surface area contributed by atoms with Crippen molar-refractivity contribution in [3.05, 3.63) is 94.3 Å². The summed E-state index contributed by atoms with van der Waals surface area (Å²) < 4.78 is 44.2. The van der Waals surface area contributed by atoms with Crippen LogP contribution in [0.25, 0.3) is 23.3 Å². The van der Waals surface area contributed by atoms with Crippen LogP contribution in [0.15, 0.2) is 54.6 Å². The Balaban J connectivity index is 1.47. The SMILES string of the molecule is CCCc1ccc(-c2ccc(/C=C/c3ccc(C4CCC(CC)CC4)c(F)c3F)cc2)c(F)c1. The molecule has 0 amide bonds. The standard InChI is InChI=1S/C31H33F3/c1-3-5-23-11-18-27(29(32)20-23)24-14-8-22(9-15-24)10-16-26-17-19-28(31(34)30(26)33)25-12-6-21(4-2)7-13-25/h8-11,14-21,25H,3-7,12-13H2,1-2H3/b16-10+. The summed E-state index contributed by atoms with van der Waals surface area (Å²) in [5.41, 5.74) is 3.94. The van der Waals surface area contributed by atoms with E-state index in [-0.39, 0.29) is 17.3 Å². The second kappa shape index (κ2) is 11.1. The summed E-state index contributed by atoms with van der Waals surface area (Å²) in [7, 11) is 0. The van der Waals surface area contributed by atoms with Gasteiger partial charge >= 0.3 is 0 Å². The van der Waals surface area contributed by atoms with Gasteiger partial charge in [-0.2, -0.15) is 0 Å². The van der Waals surface area contributed by atoms with Crippen molar-refractivity contribution < 1.29 is 13.2 Å². The first kappa shape index (κ1) is 24.3. The molecule has 0 unspecified atom stereocenters. The van der Waals surface area contributed by atoms with Gasteiger partial charge in [-0.15, -0.1) is 0 Å². The van der Waals surface area contributed by atoms with Gasteiger partial charge in [-0.25, -0.2) is 13.2 Å². The topological polar surface area (TPSA) is 0 Å². The number of hydrogen-bond donors (Lipinski definition) is 0. The second-order valence-electron chi connectivity index (χ2n) is 9.52. The molecule has 1 aliphatic rings. The van der Waals surface area contributed by atoms with Crippen molar-refractivity contribution in [1.82, 2.24) is 0 Å². The zero-order chi connectivity index (χ0) is 24.1. The van der Waals surface area contributed by atoms with Gasteiger partial charge in [-0.1, -0.05) is 87.4 Å².